The van der Waals surface area contributed by atoms with Gasteiger partial charge in [-0.2, -0.15) is 0 Å². The first kappa shape index (κ1) is 13.4. The summed E-state index contributed by atoms with van der Waals surface area (Å²) in [6.45, 7) is 3.40. The van der Waals surface area contributed by atoms with Crippen molar-refractivity contribution in [2.45, 2.75) is 25.4 Å². The van der Waals surface area contributed by atoms with Crippen molar-refractivity contribution in [2.24, 2.45) is 0 Å². The molecule has 0 radical (unpaired) electrons. The van der Waals surface area contributed by atoms with Gasteiger partial charge in [-0.1, -0.05) is 72.5 Å². The van der Waals surface area contributed by atoms with E-state index in [4.69, 9.17) is 0 Å². The van der Waals surface area contributed by atoms with E-state index in [1.54, 1.807) is 13.8 Å². The van der Waals surface area contributed by atoms with Gasteiger partial charge in [0.1, 0.15) is 5.60 Å². The van der Waals surface area contributed by atoms with Gasteiger partial charge in [-0.05, 0) is 25.0 Å². The number of hydrogen-bond donors (Lipinski definition) is 1. The van der Waals surface area contributed by atoms with Gasteiger partial charge in [-0.25, -0.2) is 0 Å². The summed E-state index contributed by atoms with van der Waals surface area (Å²) in [4.78, 5) is 0. The third-order valence-corrected chi connectivity index (χ3v) is 2.79. The summed E-state index contributed by atoms with van der Waals surface area (Å²) in [5, 5.41) is 9.79. The Hall–Kier alpha value is -2.04. The molecule has 0 aliphatic carbocycles. The first-order valence-electron chi connectivity index (χ1n) is 6.41. The Morgan fingerprint density at radius 2 is 1.26 bits per heavy atom. The van der Waals surface area contributed by atoms with Crippen LogP contribution in [-0.4, -0.2) is 10.7 Å². The molecule has 2 aromatic rings. The minimum atomic E-state index is -0.970. The first-order chi connectivity index (χ1) is 9.06. The molecule has 2 rings (SSSR count). The summed E-state index contributed by atoms with van der Waals surface area (Å²) < 4.78 is 0. The Balaban J connectivity index is 2.42. The monoisotopic (exact) mass is 250 g/mol. The van der Waals surface area contributed by atoms with Crippen LogP contribution in [0.1, 0.15) is 30.9 Å². The van der Waals surface area contributed by atoms with E-state index in [1.807, 2.05) is 36.4 Å². The zero-order valence-corrected chi connectivity index (χ0v) is 11.3. The summed E-state index contributed by atoms with van der Waals surface area (Å²) in [5.74, 6) is 6.11. The van der Waals surface area contributed by atoms with E-state index in [-0.39, 0.29) is 5.92 Å². The average Bonchev–Trinajstić information content (AvgIpc) is 2.40. The highest BCUT2D eigenvalue weighted by molar-refractivity contribution is 5.40. The molecule has 0 aliphatic rings. The molecule has 0 heterocycles. The van der Waals surface area contributed by atoms with Crippen molar-refractivity contribution in [2.75, 3.05) is 0 Å². The van der Waals surface area contributed by atoms with Crippen LogP contribution >= 0.6 is 0 Å². The lowest BCUT2D eigenvalue weighted by atomic mass is 9.91. The molecule has 0 spiro atoms. The lowest BCUT2D eigenvalue weighted by Crippen LogP contribution is -2.15. The fourth-order valence-electron chi connectivity index (χ4n) is 1.90. The third-order valence-electron chi connectivity index (χ3n) is 2.79. The van der Waals surface area contributed by atoms with Gasteiger partial charge in [0.2, 0.25) is 0 Å². The lowest BCUT2D eigenvalue weighted by Gasteiger charge is -2.13. The van der Waals surface area contributed by atoms with E-state index in [0.29, 0.717) is 0 Å². The molecule has 1 nitrogen and oxygen atoms in total. The molecular weight excluding hydrogens is 232 g/mol. The van der Waals surface area contributed by atoms with Gasteiger partial charge < -0.3 is 5.11 Å². The molecule has 0 amide bonds. The van der Waals surface area contributed by atoms with Crippen LogP contribution in [0.4, 0.5) is 0 Å². The molecule has 1 N–H and O–H groups in total. The van der Waals surface area contributed by atoms with E-state index in [2.05, 4.69) is 36.1 Å². The van der Waals surface area contributed by atoms with Crippen molar-refractivity contribution in [3.05, 3.63) is 71.8 Å². The van der Waals surface area contributed by atoms with Crippen molar-refractivity contribution < 1.29 is 5.11 Å². The molecule has 96 valence electrons. The fourth-order valence-corrected chi connectivity index (χ4v) is 1.90. The number of rotatable bonds is 2. The standard InChI is InChI=1S/C18H18O/c1-18(2,19)14-13-17(15-9-5-3-6-10-15)16-11-7-4-8-12-16/h3-12,17,19H,1-2H3. The van der Waals surface area contributed by atoms with Crippen LogP contribution in [0.15, 0.2) is 60.7 Å². The second-order valence-electron chi connectivity index (χ2n) is 5.08. The Labute approximate surface area is 114 Å². The molecule has 2 aromatic carbocycles. The van der Waals surface area contributed by atoms with E-state index >= 15 is 0 Å². The van der Waals surface area contributed by atoms with E-state index in [9.17, 15) is 5.11 Å². The maximum atomic E-state index is 9.79. The smallest absolute Gasteiger partial charge is 0.119 e. The maximum absolute atomic E-state index is 9.79. The highest BCUT2D eigenvalue weighted by Gasteiger charge is 2.12. The summed E-state index contributed by atoms with van der Waals surface area (Å²) in [6.07, 6.45) is 0. The van der Waals surface area contributed by atoms with Crippen molar-refractivity contribution in [1.29, 1.82) is 0 Å². The molecule has 0 unspecified atom stereocenters. The average molecular weight is 250 g/mol. The van der Waals surface area contributed by atoms with Gasteiger partial charge in [-0.3, -0.25) is 0 Å². The SMILES string of the molecule is CC(C)(O)C#CC(c1ccccc1)c1ccccc1. The number of benzene rings is 2. The molecule has 0 bridgehead atoms. The molecular formula is C18H18O. The third kappa shape index (κ3) is 3.98. The molecule has 0 saturated carbocycles. The summed E-state index contributed by atoms with van der Waals surface area (Å²) >= 11 is 0. The molecule has 19 heavy (non-hydrogen) atoms. The van der Waals surface area contributed by atoms with Gasteiger partial charge in [0.05, 0.1) is 5.92 Å². The molecule has 0 fully saturated rings. The van der Waals surface area contributed by atoms with Gasteiger partial charge in [-0.15, -0.1) is 0 Å². The van der Waals surface area contributed by atoms with Crippen molar-refractivity contribution in [3.63, 3.8) is 0 Å². The Morgan fingerprint density at radius 1 is 0.842 bits per heavy atom. The summed E-state index contributed by atoms with van der Waals surface area (Å²) in [5.41, 5.74) is 1.32. The molecule has 1 heteroatoms. The van der Waals surface area contributed by atoms with Crippen molar-refractivity contribution in [1.82, 2.24) is 0 Å². The lowest BCUT2D eigenvalue weighted by molar-refractivity contribution is 0.143. The molecule has 0 aromatic heterocycles. The molecule has 0 saturated heterocycles. The fraction of sp³-hybridized carbons (Fsp3) is 0.222. The quantitative estimate of drug-likeness (QED) is 0.807. The van der Waals surface area contributed by atoms with Gasteiger partial charge >= 0.3 is 0 Å². The number of aliphatic hydroxyl groups is 1. The van der Waals surface area contributed by atoms with Crippen LogP contribution in [0.2, 0.25) is 0 Å². The van der Waals surface area contributed by atoms with E-state index < -0.39 is 5.60 Å². The second kappa shape index (κ2) is 5.73. The van der Waals surface area contributed by atoms with Crippen LogP contribution in [0.5, 0.6) is 0 Å². The minimum Gasteiger partial charge on any atom is -0.378 e. The topological polar surface area (TPSA) is 20.2 Å². The Bertz CT molecular complexity index is 528. The summed E-state index contributed by atoms with van der Waals surface area (Å²) in [6, 6.07) is 20.3. The largest absolute Gasteiger partial charge is 0.378 e. The van der Waals surface area contributed by atoms with Crippen molar-refractivity contribution in [3.8, 4) is 11.8 Å². The molecule has 0 aliphatic heterocycles. The van der Waals surface area contributed by atoms with Crippen molar-refractivity contribution >= 4 is 0 Å². The van der Waals surface area contributed by atoms with Crippen LogP contribution in [0.3, 0.4) is 0 Å². The van der Waals surface area contributed by atoms with Gasteiger partial charge in [0.15, 0.2) is 0 Å². The second-order valence-corrected chi connectivity index (χ2v) is 5.08. The normalized spacial score (nSPS) is 10.9. The highest BCUT2D eigenvalue weighted by Crippen LogP contribution is 2.23. The predicted molar refractivity (Wildman–Crippen MR) is 78.8 cm³/mol. The van der Waals surface area contributed by atoms with Crippen LogP contribution in [0, 0.1) is 11.8 Å². The zero-order valence-electron chi connectivity index (χ0n) is 11.3. The van der Waals surface area contributed by atoms with Gasteiger partial charge in [0.25, 0.3) is 0 Å². The Morgan fingerprint density at radius 3 is 1.63 bits per heavy atom. The van der Waals surface area contributed by atoms with Crippen LogP contribution in [0.25, 0.3) is 0 Å². The zero-order chi connectivity index (χ0) is 13.7. The minimum absolute atomic E-state index is 0.00572. The van der Waals surface area contributed by atoms with E-state index in [1.165, 1.54) is 0 Å². The first-order valence-corrected chi connectivity index (χ1v) is 6.41. The van der Waals surface area contributed by atoms with E-state index in [0.717, 1.165) is 11.1 Å². The highest BCUT2D eigenvalue weighted by atomic mass is 16.3. The van der Waals surface area contributed by atoms with Gasteiger partial charge in [0, 0.05) is 0 Å². The maximum Gasteiger partial charge on any atom is 0.119 e. The Kier molecular flexibility index (Phi) is 4.04. The summed E-state index contributed by atoms with van der Waals surface area (Å²) in [7, 11) is 0. The predicted octanol–water partition coefficient (Wildman–Crippen LogP) is 3.59. The van der Waals surface area contributed by atoms with Crippen LogP contribution < -0.4 is 0 Å². The number of hydrogen-bond acceptors (Lipinski definition) is 1. The van der Waals surface area contributed by atoms with Crippen LogP contribution in [-0.2, 0) is 0 Å². The molecule has 0 atom stereocenters.